The van der Waals surface area contributed by atoms with Crippen molar-refractivity contribution in [2.45, 2.75) is 6.04 Å². The van der Waals surface area contributed by atoms with E-state index in [-0.39, 0.29) is 6.04 Å². The van der Waals surface area contributed by atoms with Crippen molar-refractivity contribution in [3.8, 4) is 0 Å². The van der Waals surface area contributed by atoms with E-state index in [4.69, 9.17) is 5.73 Å². The third-order valence-electron chi connectivity index (χ3n) is 2.28. The molecular formula is C9H12BrN5. The van der Waals surface area contributed by atoms with Crippen LogP contribution in [0, 0.1) is 0 Å². The van der Waals surface area contributed by atoms with Crippen LogP contribution in [-0.2, 0) is 14.1 Å². The van der Waals surface area contributed by atoms with Crippen LogP contribution in [0.25, 0.3) is 0 Å². The minimum atomic E-state index is -0.256. The first-order chi connectivity index (χ1) is 7.09. The fourth-order valence-corrected chi connectivity index (χ4v) is 2.10. The normalized spacial score (nSPS) is 13.1. The van der Waals surface area contributed by atoms with Crippen LogP contribution in [0.4, 0.5) is 0 Å². The number of aromatic nitrogens is 4. The molecule has 0 aromatic carbocycles. The second kappa shape index (κ2) is 3.79. The summed E-state index contributed by atoms with van der Waals surface area (Å²) in [6, 6.07) is -0.256. The number of nitrogens with zero attached hydrogens (tertiary/aromatic N) is 4. The molecule has 0 fully saturated rings. The van der Waals surface area contributed by atoms with E-state index in [1.54, 1.807) is 17.2 Å². The number of hydrogen-bond acceptors (Lipinski definition) is 3. The Morgan fingerprint density at radius 3 is 2.67 bits per heavy atom. The lowest BCUT2D eigenvalue weighted by atomic mass is 10.2. The SMILES string of the molecule is Cn1cnc(C(N)c2c(Br)cnn2C)c1. The lowest BCUT2D eigenvalue weighted by Crippen LogP contribution is -2.16. The van der Waals surface area contributed by atoms with E-state index in [9.17, 15) is 0 Å². The summed E-state index contributed by atoms with van der Waals surface area (Å²) >= 11 is 3.42. The number of halogens is 1. The Balaban J connectivity index is 2.40. The maximum atomic E-state index is 6.11. The summed E-state index contributed by atoms with van der Waals surface area (Å²) in [5.74, 6) is 0. The average Bonchev–Trinajstić information content (AvgIpc) is 2.73. The van der Waals surface area contributed by atoms with Crippen molar-refractivity contribution in [1.82, 2.24) is 19.3 Å². The van der Waals surface area contributed by atoms with Crippen molar-refractivity contribution >= 4 is 15.9 Å². The highest BCUT2D eigenvalue weighted by atomic mass is 79.9. The summed E-state index contributed by atoms with van der Waals surface area (Å²) < 4.78 is 4.53. The van der Waals surface area contributed by atoms with Crippen LogP contribution in [0.3, 0.4) is 0 Å². The minimum absolute atomic E-state index is 0.256. The summed E-state index contributed by atoms with van der Waals surface area (Å²) in [6.45, 7) is 0. The number of hydrogen-bond donors (Lipinski definition) is 1. The van der Waals surface area contributed by atoms with Crippen LogP contribution in [0.15, 0.2) is 23.2 Å². The highest BCUT2D eigenvalue weighted by Gasteiger charge is 2.18. The first-order valence-electron chi connectivity index (χ1n) is 4.50. The monoisotopic (exact) mass is 269 g/mol. The first-order valence-corrected chi connectivity index (χ1v) is 5.29. The molecule has 0 saturated heterocycles. The Kier molecular flexibility index (Phi) is 2.62. The van der Waals surface area contributed by atoms with Gasteiger partial charge in [-0.15, -0.1) is 0 Å². The lowest BCUT2D eigenvalue weighted by molar-refractivity contribution is 0.663. The van der Waals surface area contributed by atoms with E-state index in [1.165, 1.54) is 0 Å². The predicted octanol–water partition coefficient (Wildman–Crippen LogP) is 0.964. The first kappa shape index (κ1) is 10.4. The molecule has 0 aliphatic heterocycles. The average molecular weight is 270 g/mol. The highest BCUT2D eigenvalue weighted by molar-refractivity contribution is 9.10. The van der Waals surface area contributed by atoms with Gasteiger partial charge in [-0.1, -0.05) is 0 Å². The summed E-state index contributed by atoms with van der Waals surface area (Å²) in [5.41, 5.74) is 7.87. The molecule has 2 N–H and O–H groups in total. The van der Waals surface area contributed by atoms with Gasteiger partial charge in [-0.2, -0.15) is 5.10 Å². The van der Waals surface area contributed by atoms with E-state index < -0.39 is 0 Å². The minimum Gasteiger partial charge on any atom is -0.340 e. The molecule has 2 aromatic rings. The number of nitrogens with two attached hydrogens (primary N) is 1. The van der Waals surface area contributed by atoms with Crippen molar-refractivity contribution in [3.63, 3.8) is 0 Å². The molecule has 0 aliphatic rings. The molecule has 0 aliphatic carbocycles. The molecule has 1 unspecified atom stereocenters. The van der Waals surface area contributed by atoms with Gasteiger partial charge in [0.05, 0.1) is 34.4 Å². The summed E-state index contributed by atoms with van der Waals surface area (Å²) in [7, 11) is 3.78. The zero-order valence-corrected chi connectivity index (χ0v) is 10.1. The van der Waals surface area contributed by atoms with Crippen LogP contribution < -0.4 is 5.73 Å². The van der Waals surface area contributed by atoms with Gasteiger partial charge in [-0.3, -0.25) is 4.68 Å². The zero-order chi connectivity index (χ0) is 11.0. The molecule has 80 valence electrons. The number of aryl methyl sites for hydroxylation is 2. The van der Waals surface area contributed by atoms with Gasteiger partial charge >= 0.3 is 0 Å². The third-order valence-corrected chi connectivity index (χ3v) is 2.89. The molecule has 2 aromatic heterocycles. The quantitative estimate of drug-likeness (QED) is 0.884. The second-order valence-electron chi connectivity index (χ2n) is 3.44. The molecule has 2 heterocycles. The van der Waals surface area contributed by atoms with Crippen LogP contribution in [-0.4, -0.2) is 19.3 Å². The standard InChI is InChI=1S/C9H12BrN5/c1-14-4-7(12-5-14)8(11)9-6(10)3-13-15(9)2/h3-5,8H,11H2,1-2H3. The molecule has 5 nitrogen and oxygen atoms in total. The Labute approximate surface area is 96.0 Å². The summed E-state index contributed by atoms with van der Waals surface area (Å²) in [6.07, 6.45) is 5.38. The molecule has 2 rings (SSSR count). The van der Waals surface area contributed by atoms with Crippen LogP contribution in [0.2, 0.25) is 0 Å². The zero-order valence-electron chi connectivity index (χ0n) is 8.55. The van der Waals surface area contributed by atoms with Crippen molar-refractivity contribution in [1.29, 1.82) is 0 Å². The van der Waals surface area contributed by atoms with E-state index in [1.807, 2.05) is 24.9 Å². The fourth-order valence-electron chi connectivity index (χ4n) is 1.50. The van der Waals surface area contributed by atoms with Crippen LogP contribution >= 0.6 is 15.9 Å². The number of rotatable bonds is 2. The molecule has 0 amide bonds. The Morgan fingerprint density at radius 1 is 1.47 bits per heavy atom. The van der Waals surface area contributed by atoms with Crippen LogP contribution in [0.1, 0.15) is 17.4 Å². The highest BCUT2D eigenvalue weighted by Crippen LogP contribution is 2.24. The molecule has 0 spiro atoms. The molecule has 6 heteroatoms. The lowest BCUT2D eigenvalue weighted by Gasteiger charge is -2.09. The molecular weight excluding hydrogens is 258 g/mol. The van der Waals surface area contributed by atoms with Gasteiger partial charge in [-0.25, -0.2) is 4.98 Å². The van der Waals surface area contributed by atoms with E-state index >= 15 is 0 Å². The Bertz CT molecular complexity index is 453. The molecule has 0 radical (unpaired) electrons. The van der Waals surface area contributed by atoms with Gasteiger partial charge < -0.3 is 10.3 Å². The maximum Gasteiger partial charge on any atom is 0.0947 e. The summed E-state index contributed by atoms with van der Waals surface area (Å²) in [5, 5.41) is 4.12. The van der Waals surface area contributed by atoms with Crippen molar-refractivity contribution in [3.05, 3.63) is 34.6 Å². The molecule has 1 atom stereocenters. The van der Waals surface area contributed by atoms with E-state index in [0.717, 1.165) is 15.9 Å². The van der Waals surface area contributed by atoms with Crippen molar-refractivity contribution < 1.29 is 0 Å². The Hall–Kier alpha value is -1.14. The fraction of sp³-hybridized carbons (Fsp3) is 0.333. The molecule has 0 bridgehead atoms. The van der Waals surface area contributed by atoms with Crippen molar-refractivity contribution in [2.24, 2.45) is 19.8 Å². The number of imidazole rings is 1. The van der Waals surface area contributed by atoms with Gasteiger partial charge in [0.15, 0.2) is 0 Å². The third kappa shape index (κ3) is 1.82. The molecule has 0 saturated carbocycles. The largest absolute Gasteiger partial charge is 0.340 e. The second-order valence-corrected chi connectivity index (χ2v) is 4.30. The van der Waals surface area contributed by atoms with Gasteiger partial charge in [-0.05, 0) is 15.9 Å². The van der Waals surface area contributed by atoms with Gasteiger partial charge in [0, 0.05) is 20.3 Å². The van der Waals surface area contributed by atoms with Gasteiger partial charge in [0.25, 0.3) is 0 Å². The topological polar surface area (TPSA) is 61.7 Å². The maximum absolute atomic E-state index is 6.11. The van der Waals surface area contributed by atoms with E-state index in [0.29, 0.717) is 0 Å². The van der Waals surface area contributed by atoms with Crippen LogP contribution in [0.5, 0.6) is 0 Å². The van der Waals surface area contributed by atoms with Gasteiger partial charge in [0.2, 0.25) is 0 Å². The van der Waals surface area contributed by atoms with Gasteiger partial charge in [0.1, 0.15) is 0 Å². The summed E-state index contributed by atoms with van der Waals surface area (Å²) in [4.78, 5) is 4.23. The Morgan fingerprint density at radius 2 is 2.20 bits per heavy atom. The predicted molar refractivity (Wildman–Crippen MR) is 60.1 cm³/mol. The van der Waals surface area contributed by atoms with Crippen molar-refractivity contribution in [2.75, 3.05) is 0 Å². The van der Waals surface area contributed by atoms with E-state index in [2.05, 4.69) is 26.0 Å². The molecule has 15 heavy (non-hydrogen) atoms. The smallest absolute Gasteiger partial charge is 0.0947 e.